The van der Waals surface area contributed by atoms with Gasteiger partial charge in [-0.15, -0.1) is 11.3 Å². The molecule has 0 fully saturated rings. The van der Waals surface area contributed by atoms with Gasteiger partial charge in [0, 0.05) is 35.8 Å². The molecule has 0 unspecified atom stereocenters. The molecule has 2 aliphatic rings. The minimum Gasteiger partial charge on any atom is -0.145 e. The van der Waals surface area contributed by atoms with E-state index in [4.69, 9.17) is 0 Å². The zero-order chi connectivity index (χ0) is 15.7. The van der Waals surface area contributed by atoms with Gasteiger partial charge in [-0.1, -0.05) is 30.2 Å². The van der Waals surface area contributed by atoms with Gasteiger partial charge >= 0.3 is 0 Å². The maximum Gasteiger partial charge on any atom is 0.0226 e. The molecule has 0 amide bonds. The van der Waals surface area contributed by atoms with Crippen LogP contribution in [0.3, 0.4) is 0 Å². The molecule has 22 heavy (non-hydrogen) atoms. The Morgan fingerprint density at radius 3 is 1.77 bits per heavy atom. The Kier molecular flexibility index (Phi) is 7.05. The summed E-state index contributed by atoms with van der Waals surface area (Å²) < 4.78 is 0. The molecule has 1 heterocycles. The Hall–Kier alpha value is -0.431. The summed E-state index contributed by atoms with van der Waals surface area (Å²) in [6.45, 7) is 15.4. The molecule has 2 heteroatoms. The van der Waals surface area contributed by atoms with Gasteiger partial charge in [0.2, 0.25) is 0 Å². The second-order valence-electron chi connectivity index (χ2n) is 6.19. The van der Waals surface area contributed by atoms with E-state index >= 15 is 0 Å². The van der Waals surface area contributed by atoms with Gasteiger partial charge in [-0.25, -0.2) is 0 Å². The van der Waals surface area contributed by atoms with E-state index in [-0.39, 0.29) is 20.1 Å². The summed E-state index contributed by atoms with van der Waals surface area (Å²) in [6.07, 6.45) is 7.04. The Labute approximate surface area is 153 Å². The average molecular weight is 492 g/mol. The minimum absolute atomic E-state index is 0. The summed E-state index contributed by atoms with van der Waals surface area (Å²) in [5.41, 5.74) is 8.86. The summed E-state index contributed by atoms with van der Waals surface area (Å²) in [5.74, 6) is 1.47. The fourth-order valence-electron chi connectivity index (χ4n) is 2.94. The van der Waals surface area contributed by atoms with Gasteiger partial charge in [-0.2, -0.15) is 0 Å². The van der Waals surface area contributed by atoms with Gasteiger partial charge in [-0.3, -0.25) is 0 Å². The van der Waals surface area contributed by atoms with Crippen LogP contribution in [0.5, 0.6) is 0 Å². The van der Waals surface area contributed by atoms with Gasteiger partial charge in [0.05, 0.1) is 0 Å². The van der Waals surface area contributed by atoms with Crippen molar-refractivity contribution in [2.45, 2.75) is 61.3 Å². The molecule has 0 saturated heterocycles. The summed E-state index contributed by atoms with van der Waals surface area (Å²) in [5, 5.41) is 0. The SMILES string of the molecule is C[C]1C(C)=C(C)C(C)=C1C.Cc1sc2c(c1C)C=CCC2.[Ir]. The summed E-state index contributed by atoms with van der Waals surface area (Å²) in [6, 6.07) is 0. The molecule has 0 spiro atoms. The third kappa shape index (κ3) is 3.72. The van der Waals surface area contributed by atoms with Crippen molar-refractivity contribution in [1.29, 1.82) is 0 Å². The maximum absolute atomic E-state index is 2.28. The second kappa shape index (κ2) is 7.90. The number of aryl methyl sites for hydroxylation is 2. The molecule has 0 aromatic carbocycles. The molecule has 1 aromatic heterocycles. The van der Waals surface area contributed by atoms with E-state index in [1.165, 1.54) is 57.1 Å². The average Bonchev–Trinajstić information content (AvgIpc) is 2.86. The standard InChI is InChI=1S/C10H12S.C10H15.Ir/c1-7-8(2)11-10-6-4-3-5-9(7)10;1-6-7(2)9(4)10(5)8(6)3;/h3,5H,4,6H2,1-2H3;1-5H3;. The topological polar surface area (TPSA) is 0 Å². The number of allylic oxidation sites excluding steroid dienone is 5. The zero-order valence-corrected chi connectivity index (χ0v) is 18.0. The molecule has 1 aromatic rings. The van der Waals surface area contributed by atoms with Crippen LogP contribution in [-0.4, -0.2) is 0 Å². The van der Waals surface area contributed by atoms with Crippen LogP contribution in [-0.2, 0) is 26.5 Å². The van der Waals surface area contributed by atoms with Crippen molar-refractivity contribution < 1.29 is 20.1 Å². The predicted molar refractivity (Wildman–Crippen MR) is 96.8 cm³/mol. The maximum atomic E-state index is 2.28. The summed E-state index contributed by atoms with van der Waals surface area (Å²) in [4.78, 5) is 3.07. The van der Waals surface area contributed by atoms with E-state index in [2.05, 4.69) is 60.6 Å². The fraction of sp³-hybridized carbons (Fsp3) is 0.450. The number of fused-ring (bicyclic) bond motifs is 1. The van der Waals surface area contributed by atoms with Gasteiger partial charge in [0.1, 0.15) is 0 Å². The Morgan fingerprint density at radius 2 is 1.36 bits per heavy atom. The first-order chi connectivity index (χ1) is 9.84. The number of thiophene rings is 1. The van der Waals surface area contributed by atoms with Crippen LogP contribution in [0.2, 0.25) is 0 Å². The van der Waals surface area contributed by atoms with Crippen LogP contribution in [0.25, 0.3) is 6.08 Å². The molecule has 3 rings (SSSR count). The largest absolute Gasteiger partial charge is 0.145 e. The molecule has 0 atom stereocenters. The molecular formula is C20H27IrS. The third-order valence-electron chi connectivity index (χ3n) is 5.14. The molecule has 0 aliphatic heterocycles. The van der Waals surface area contributed by atoms with Crippen molar-refractivity contribution >= 4 is 17.4 Å². The van der Waals surface area contributed by atoms with Crippen LogP contribution in [0.4, 0.5) is 0 Å². The fourth-order valence-corrected chi connectivity index (χ4v) is 4.12. The third-order valence-corrected chi connectivity index (χ3v) is 6.43. The van der Waals surface area contributed by atoms with Crippen molar-refractivity contribution in [3.63, 3.8) is 0 Å². The molecule has 2 aliphatic carbocycles. The van der Waals surface area contributed by atoms with Crippen molar-refractivity contribution in [3.8, 4) is 0 Å². The molecule has 0 bridgehead atoms. The first-order valence-corrected chi connectivity index (χ1v) is 8.61. The molecular weight excluding hydrogens is 465 g/mol. The minimum atomic E-state index is 0. The molecule has 0 N–H and O–H groups in total. The number of hydrogen-bond acceptors (Lipinski definition) is 1. The van der Waals surface area contributed by atoms with Crippen molar-refractivity contribution in [2.24, 2.45) is 0 Å². The van der Waals surface area contributed by atoms with Gasteiger partial charge in [0.25, 0.3) is 0 Å². The molecule has 0 saturated carbocycles. The first-order valence-electron chi connectivity index (χ1n) is 7.79. The van der Waals surface area contributed by atoms with Crippen LogP contribution in [0, 0.1) is 19.8 Å². The number of rotatable bonds is 0. The summed E-state index contributed by atoms with van der Waals surface area (Å²) >= 11 is 1.97. The first kappa shape index (κ1) is 19.6. The van der Waals surface area contributed by atoms with Gasteiger partial charge < -0.3 is 0 Å². The van der Waals surface area contributed by atoms with E-state index in [1.54, 1.807) is 4.88 Å². The van der Waals surface area contributed by atoms with Crippen LogP contribution in [0.1, 0.15) is 61.9 Å². The Balaban J connectivity index is 0.000000212. The monoisotopic (exact) mass is 492 g/mol. The zero-order valence-electron chi connectivity index (χ0n) is 14.8. The molecule has 2 radical (unpaired) electrons. The molecule has 122 valence electrons. The smallest absolute Gasteiger partial charge is 0.0226 e. The van der Waals surface area contributed by atoms with Crippen molar-refractivity contribution in [1.82, 2.24) is 0 Å². The van der Waals surface area contributed by atoms with Crippen LogP contribution < -0.4 is 0 Å². The van der Waals surface area contributed by atoms with E-state index in [1.807, 2.05) is 11.3 Å². The number of hydrogen-bond donors (Lipinski definition) is 0. The Morgan fingerprint density at radius 1 is 0.818 bits per heavy atom. The van der Waals surface area contributed by atoms with Crippen LogP contribution >= 0.6 is 11.3 Å². The van der Waals surface area contributed by atoms with E-state index < -0.39 is 0 Å². The van der Waals surface area contributed by atoms with Crippen LogP contribution in [0.15, 0.2) is 28.4 Å². The van der Waals surface area contributed by atoms with Crippen molar-refractivity contribution in [3.05, 3.63) is 55.2 Å². The Bertz CT molecular complexity index is 617. The normalized spacial score (nSPS) is 17.2. The van der Waals surface area contributed by atoms with E-state index in [0.29, 0.717) is 0 Å². The van der Waals surface area contributed by atoms with E-state index in [9.17, 15) is 0 Å². The van der Waals surface area contributed by atoms with Gasteiger partial charge in [-0.05, 0) is 76.7 Å². The van der Waals surface area contributed by atoms with E-state index in [0.717, 1.165) is 0 Å². The van der Waals surface area contributed by atoms with Gasteiger partial charge in [0.15, 0.2) is 0 Å². The van der Waals surface area contributed by atoms with Crippen molar-refractivity contribution in [2.75, 3.05) is 0 Å². The predicted octanol–water partition coefficient (Wildman–Crippen LogP) is 6.59. The summed E-state index contributed by atoms with van der Waals surface area (Å²) in [7, 11) is 0. The second-order valence-corrected chi connectivity index (χ2v) is 7.50. The quantitative estimate of drug-likeness (QED) is 0.384. The molecule has 0 nitrogen and oxygen atoms in total.